The van der Waals surface area contributed by atoms with E-state index in [1.54, 1.807) is 7.05 Å². The Hall–Kier alpha value is -0.810. The Balaban J connectivity index is 0.00000121. The molecule has 1 heterocycles. The Morgan fingerprint density at radius 1 is 1.75 bits per heavy atom. The number of hydrogen-bond acceptors (Lipinski definition) is 3. The number of aromatic nitrogens is 1. The van der Waals surface area contributed by atoms with Gasteiger partial charge in [-0.1, -0.05) is 0 Å². The van der Waals surface area contributed by atoms with Crippen LogP contribution in [-0.4, -0.2) is 18.1 Å². The molecule has 68 valence electrons. The average molecular weight is 208 g/mol. The molecule has 4 nitrogen and oxygen atoms in total. The molecule has 2 amide bonds. The summed E-state index contributed by atoms with van der Waals surface area (Å²) in [5, 5.41) is 2.50. The van der Waals surface area contributed by atoms with Gasteiger partial charge >= 0.3 is 6.03 Å². The standard InChI is InChI=1S/C6H9N3OS.ClH/c1-4-3-11-6(8-4)9(2)5(7)10;/h3H,1-2H3,(H2,7,10);1H. The molecule has 1 aromatic rings. The lowest BCUT2D eigenvalue weighted by atomic mass is 10.6. The van der Waals surface area contributed by atoms with Crippen molar-refractivity contribution in [1.29, 1.82) is 0 Å². The fourth-order valence-electron chi connectivity index (χ4n) is 0.590. The third-order valence-electron chi connectivity index (χ3n) is 1.22. The highest BCUT2D eigenvalue weighted by Gasteiger charge is 2.08. The number of urea groups is 1. The second kappa shape index (κ2) is 4.27. The van der Waals surface area contributed by atoms with Crippen LogP contribution in [0.4, 0.5) is 9.93 Å². The molecule has 0 spiro atoms. The van der Waals surface area contributed by atoms with Gasteiger partial charge in [-0.3, -0.25) is 4.90 Å². The van der Waals surface area contributed by atoms with Crippen LogP contribution >= 0.6 is 23.7 Å². The summed E-state index contributed by atoms with van der Waals surface area (Å²) in [6.07, 6.45) is 0. The molecule has 2 N–H and O–H groups in total. The van der Waals surface area contributed by atoms with Gasteiger partial charge in [0.05, 0.1) is 5.69 Å². The van der Waals surface area contributed by atoms with Crippen molar-refractivity contribution in [2.75, 3.05) is 11.9 Å². The molecule has 0 radical (unpaired) electrons. The number of primary amides is 1. The molecule has 0 atom stereocenters. The van der Waals surface area contributed by atoms with Crippen molar-refractivity contribution < 1.29 is 4.79 Å². The zero-order valence-corrected chi connectivity index (χ0v) is 8.41. The minimum Gasteiger partial charge on any atom is -0.351 e. The van der Waals surface area contributed by atoms with E-state index in [1.807, 2.05) is 12.3 Å². The maximum Gasteiger partial charge on any atom is 0.320 e. The van der Waals surface area contributed by atoms with Crippen molar-refractivity contribution in [2.45, 2.75) is 6.92 Å². The minimum atomic E-state index is -0.487. The number of nitrogens with zero attached hydrogens (tertiary/aromatic N) is 2. The maximum atomic E-state index is 10.6. The highest BCUT2D eigenvalue weighted by molar-refractivity contribution is 7.14. The summed E-state index contributed by atoms with van der Waals surface area (Å²) in [5.41, 5.74) is 5.93. The van der Waals surface area contributed by atoms with Crippen molar-refractivity contribution in [2.24, 2.45) is 5.73 Å². The van der Waals surface area contributed by atoms with Crippen LogP contribution in [-0.2, 0) is 0 Å². The normalized spacial score (nSPS) is 8.83. The third kappa shape index (κ3) is 2.35. The molecule has 0 saturated carbocycles. The van der Waals surface area contributed by atoms with Gasteiger partial charge in [-0.15, -0.1) is 23.7 Å². The van der Waals surface area contributed by atoms with Gasteiger partial charge in [0.1, 0.15) is 0 Å². The van der Waals surface area contributed by atoms with Crippen LogP contribution < -0.4 is 10.6 Å². The molecule has 1 rings (SSSR count). The first-order valence-electron chi connectivity index (χ1n) is 3.06. The molecule has 0 aliphatic rings. The Labute approximate surface area is 80.8 Å². The molecule has 1 aromatic heterocycles. The van der Waals surface area contributed by atoms with E-state index in [2.05, 4.69) is 4.98 Å². The summed E-state index contributed by atoms with van der Waals surface area (Å²) in [7, 11) is 1.60. The summed E-state index contributed by atoms with van der Waals surface area (Å²) in [6, 6.07) is -0.487. The number of rotatable bonds is 1. The molecule has 0 bridgehead atoms. The van der Waals surface area contributed by atoms with Crippen molar-refractivity contribution >= 4 is 34.9 Å². The van der Waals surface area contributed by atoms with Crippen LogP contribution in [0.25, 0.3) is 0 Å². The highest BCUT2D eigenvalue weighted by Crippen LogP contribution is 2.17. The van der Waals surface area contributed by atoms with Gasteiger partial charge < -0.3 is 5.73 Å². The molecule has 0 saturated heterocycles. The van der Waals surface area contributed by atoms with Crippen molar-refractivity contribution in [3.8, 4) is 0 Å². The highest BCUT2D eigenvalue weighted by atomic mass is 35.5. The number of thiazole rings is 1. The zero-order valence-electron chi connectivity index (χ0n) is 6.77. The number of amides is 2. The van der Waals surface area contributed by atoms with E-state index in [1.165, 1.54) is 16.2 Å². The molecule has 0 unspecified atom stereocenters. The van der Waals surface area contributed by atoms with E-state index >= 15 is 0 Å². The number of carbonyl (C=O) groups is 1. The third-order valence-corrected chi connectivity index (χ3v) is 2.26. The minimum absolute atomic E-state index is 0. The molecule has 0 aromatic carbocycles. The van der Waals surface area contributed by atoms with Crippen LogP contribution in [0.1, 0.15) is 5.69 Å². The van der Waals surface area contributed by atoms with Gasteiger partial charge in [0.2, 0.25) is 0 Å². The molecular formula is C6H10ClN3OS. The van der Waals surface area contributed by atoms with Gasteiger partial charge in [-0.05, 0) is 6.92 Å². The Morgan fingerprint density at radius 3 is 2.67 bits per heavy atom. The first-order chi connectivity index (χ1) is 5.11. The lowest BCUT2D eigenvalue weighted by Crippen LogP contribution is -2.31. The zero-order chi connectivity index (χ0) is 8.43. The summed E-state index contributed by atoms with van der Waals surface area (Å²) in [5.74, 6) is 0. The summed E-state index contributed by atoms with van der Waals surface area (Å²) >= 11 is 1.40. The average Bonchev–Trinajstić information content (AvgIpc) is 2.34. The predicted molar refractivity (Wildman–Crippen MR) is 52.1 cm³/mol. The number of carbonyl (C=O) groups excluding carboxylic acids is 1. The van der Waals surface area contributed by atoms with Crippen molar-refractivity contribution in [3.63, 3.8) is 0 Å². The predicted octanol–water partition coefficient (Wildman–Crippen LogP) is 1.39. The fourth-order valence-corrected chi connectivity index (χ4v) is 1.36. The van der Waals surface area contributed by atoms with Gasteiger partial charge in [0.15, 0.2) is 5.13 Å². The topological polar surface area (TPSA) is 59.2 Å². The van der Waals surface area contributed by atoms with E-state index in [9.17, 15) is 4.79 Å². The maximum absolute atomic E-state index is 10.6. The van der Waals surface area contributed by atoms with Crippen LogP contribution in [0.2, 0.25) is 0 Å². The second-order valence-electron chi connectivity index (χ2n) is 2.17. The fraction of sp³-hybridized carbons (Fsp3) is 0.333. The molecular weight excluding hydrogens is 198 g/mol. The van der Waals surface area contributed by atoms with Gasteiger partial charge in [0, 0.05) is 12.4 Å². The summed E-state index contributed by atoms with van der Waals surface area (Å²) < 4.78 is 0. The second-order valence-corrected chi connectivity index (χ2v) is 3.01. The van der Waals surface area contributed by atoms with E-state index in [0.717, 1.165) is 5.69 Å². The lowest BCUT2D eigenvalue weighted by molar-refractivity contribution is 0.255. The van der Waals surface area contributed by atoms with Gasteiger partial charge in [-0.2, -0.15) is 0 Å². The molecule has 0 aliphatic carbocycles. The smallest absolute Gasteiger partial charge is 0.320 e. The van der Waals surface area contributed by atoms with Crippen LogP contribution in [0.3, 0.4) is 0 Å². The van der Waals surface area contributed by atoms with Gasteiger partial charge in [0.25, 0.3) is 0 Å². The monoisotopic (exact) mass is 207 g/mol. The van der Waals surface area contributed by atoms with E-state index in [4.69, 9.17) is 5.73 Å². The van der Waals surface area contributed by atoms with Crippen LogP contribution in [0.5, 0.6) is 0 Å². The van der Waals surface area contributed by atoms with E-state index < -0.39 is 6.03 Å². The molecule has 12 heavy (non-hydrogen) atoms. The number of halogens is 1. The quantitative estimate of drug-likeness (QED) is 0.757. The lowest BCUT2D eigenvalue weighted by Gasteiger charge is -2.08. The Bertz CT molecular complexity index is 276. The van der Waals surface area contributed by atoms with E-state index in [0.29, 0.717) is 5.13 Å². The number of aryl methyl sites for hydroxylation is 1. The van der Waals surface area contributed by atoms with Crippen LogP contribution in [0, 0.1) is 6.92 Å². The van der Waals surface area contributed by atoms with Crippen LogP contribution in [0.15, 0.2) is 5.38 Å². The Kier molecular flexibility index (Phi) is 3.99. The number of nitrogens with two attached hydrogens (primary N) is 1. The Morgan fingerprint density at radius 2 is 2.33 bits per heavy atom. The largest absolute Gasteiger partial charge is 0.351 e. The number of hydrogen-bond donors (Lipinski definition) is 1. The molecule has 0 fully saturated rings. The first kappa shape index (κ1) is 11.2. The summed E-state index contributed by atoms with van der Waals surface area (Å²) in [6.45, 7) is 1.87. The van der Waals surface area contributed by atoms with Crippen molar-refractivity contribution in [3.05, 3.63) is 11.1 Å². The van der Waals surface area contributed by atoms with Crippen molar-refractivity contribution in [1.82, 2.24) is 4.98 Å². The van der Waals surface area contributed by atoms with E-state index in [-0.39, 0.29) is 12.4 Å². The summed E-state index contributed by atoms with van der Waals surface area (Å²) in [4.78, 5) is 16.0. The molecule has 0 aliphatic heterocycles. The van der Waals surface area contributed by atoms with Gasteiger partial charge in [-0.25, -0.2) is 9.78 Å². The first-order valence-corrected chi connectivity index (χ1v) is 3.94. The molecule has 6 heteroatoms. The number of anilines is 1. The SMILES string of the molecule is Cc1csc(N(C)C(N)=O)n1.Cl.